The molecule has 2 aromatic carbocycles. The van der Waals surface area contributed by atoms with Crippen molar-refractivity contribution in [1.82, 2.24) is 4.90 Å². The lowest BCUT2D eigenvalue weighted by Gasteiger charge is -2.35. The van der Waals surface area contributed by atoms with Gasteiger partial charge >= 0.3 is 0 Å². The lowest BCUT2D eigenvalue weighted by Crippen LogP contribution is -2.39. The summed E-state index contributed by atoms with van der Waals surface area (Å²) in [5, 5.41) is 0. The topological polar surface area (TPSA) is 38.8 Å². The van der Waals surface area contributed by atoms with Gasteiger partial charge in [0, 0.05) is 13.1 Å². The smallest absolute Gasteiger partial charge is 0.257 e. The molecule has 0 saturated heterocycles. The zero-order valence-corrected chi connectivity index (χ0v) is 15.8. The van der Waals surface area contributed by atoms with E-state index in [1.807, 2.05) is 18.0 Å². The Morgan fingerprint density at radius 3 is 2.23 bits per heavy atom. The van der Waals surface area contributed by atoms with Crippen molar-refractivity contribution in [2.75, 3.05) is 21.3 Å². The highest BCUT2D eigenvalue weighted by atomic mass is 16.5. The molecule has 0 N–H and O–H groups in total. The van der Waals surface area contributed by atoms with Gasteiger partial charge in [-0.1, -0.05) is 36.4 Å². The van der Waals surface area contributed by atoms with E-state index >= 15 is 0 Å². The minimum Gasteiger partial charge on any atom is -0.493 e. The average Bonchev–Trinajstić information content (AvgIpc) is 2.72. The maximum Gasteiger partial charge on any atom is 0.257 e. The van der Waals surface area contributed by atoms with Crippen LogP contribution >= 0.6 is 0 Å². The first-order chi connectivity index (χ1) is 12.7. The van der Waals surface area contributed by atoms with E-state index in [0.717, 1.165) is 25.7 Å². The number of carbonyl (C=O) groups is 1. The van der Waals surface area contributed by atoms with Gasteiger partial charge in [-0.05, 0) is 49.3 Å². The Kier molecular flexibility index (Phi) is 5.82. The zero-order valence-electron chi connectivity index (χ0n) is 15.8. The van der Waals surface area contributed by atoms with Crippen LogP contribution in [-0.4, -0.2) is 38.1 Å². The Hall–Kier alpha value is -2.49. The second-order valence-electron chi connectivity index (χ2n) is 6.87. The fraction of sp³-hybridized carbons (Fsp3) is 0.409. The molecule has 0 aliphatic heterocycles. The molecule has 0 spiro atoms. The summed E-state index contributed by atoms with van der Waals surface area (Å²) >= 11 is 0. The highest BCUT2D eigenvalue weighted by molar-refractivity contribution is 5.97. The number of ether oxygens (including phenoxy) is 2. The van der Waals surface area contributed by atoms with Crippen molar-refractivity contribution in [2.24, 2.45) is 0 Å². The Bertz CT molecular complexity index is 736. The molecule has 26 heavy (non-hydrogen) atoms. The maximum absolute atomic E-state index is 13.0. The van der Waals surface area contributed by atoms with E-state index in [2.05, 4.69) is 30.3 Å². The summed E-state index contributed by atoms with van der Waals surface area (Å²) in [5.41, 5.74) is 1.97. The number of nitrogens with zero attached hydrogens (tertiary/aromatic N) is 1. The van der Waals surface area contributed by atoms with Crippen LogP contribution in [0.3, 0.4) is 0 Å². The van der Waals surface area contributed by atoms with Crippen LogP contribution < -0.4 is 9.47 Å². The Morgan fingerprint density at radius 1 is 0.923 bits per heavy atom. The van der Waals surface area contributed by atoms with E-state index in [-0.39, 0.29) is 11.9 Å². The van der Waals surface area contributed by atoms with Gasteiger partial charge in [0.1, 0.15) is 0 Å². The van der Waals surface area contributed by atoms with Crippen LogP contribution in [-0.2, 0) is 0 Å². The largest absolute Gasteiger partial charge is 0.493 e. The van der Waals surface area contributed by atoms with Gasteiger partial charge in [-0.25, -0.2) is 0 Å². The molecule has 1 aliphatic rings. The van der Waals surface area contributed by atoms with Crippen LogP contribution in [0.15, 0.2) is 48.5 Å². The van der Waals surface area contributed by atoms with Crippen molar-refractivity contribution >= 4 is 5.91 Å². The number of carbonyl (C=O) groups excluding carboxylic acids is 1. The predicted molar refractivity (Wildman–Crippen MR) is 103 cm³/mol. The van der Waals surface area contributed by atoms with Crippen molar-refractivity contribution < 1.29 is 14.3 Å². The monoisotopic (exact) mass is 353 g/mol. The Morgan fingerprint density at radius 2 is 1.62 bits per heavy atom. The van der Waals surface area contributed by atoms with Crippen LogP contribution in [0.5, 0.6) is 11.5 Å². The molecule has 0 bridgehead atoms. The van der Waals surface area contributed by atoms with E-state index in [0.29, 0.717) is 23.0 Å². The number of benzene rings is 2. The van der Waals surface area contributed by atoms with E-state index in [9.17, 15) is 4.79 Å². The summed E-state index contributed by atoms with van der Waals surface area (Å²) in [5.74, 6) is 1.68. The fourth-order valence-electron chi connectivity index (χ4n) is 3.93. The minimum atomic E-state index is -0.0103. The van der Waals surface area contributed by atoms with Crippen LogP contribution in [0.2, 0.25) is 0 Å². The summed E-state index contributed by atoms with van der Waals surface area (Å²) in [4.78, 5) is 14.9. The number of hydrogen-bond acceptors (Lipinski definition) is 3. The lowest BCUT2D eigenvalue weighted by atomic mass is 9.81. The predicted octanol–water partition coefficient (Wildman–Crippen LogP) is 4.50. The minimum absolute atomic E-state index is 0.0103. The number of para-hydroxylation sites is 1. The van der Waals surface area contributed by atoms with Crippen LogP contribution in [0.1, 0.15) is 47.5 Å². The summed E-state index contributed by atoms with van der Waals surface area (Å²) in [6.45, 7) is 0. The molecule has 2 aromatic rings. The van der Waals surface area contributed by atoms with E-state index in [1.54, 1.807) is 26.4 Å². The molecule has 3 rings (SSSR count). The van der Waals surface area contributed by atoms with Crippen LogP contribution in [0.25, 0.3) is 0 Å². The molecule has 1 aliphatic carbocycles. The van der Waals surface area contributed by atoms with Gasteiger partial charge in [0.15, 0.2) is 11.5 Å². The first-order valence-corrected chi connectivity index (χ1v) is 9.18. The van der Waals surface area contributed by atoms with Gasteiger partial charge in [-0.15, -0.1) is 0 Å². The standard InChI is InChI=1S/C22H27NO3/c1-23(22(24)19-10-7-11-20(25-2)21(19)26-3)18-14-12-17(13-15-18)16-8-5-4-6-9-16/h4-11,17-18H,12-15H2,1-3H3. The fourth-order valence-corrected chi connectivity index (χ4v) is 3.93. The molecule has 1 fully saturated rings. The normalized spacial score (nSPS) is 19.7. The molecule has 4 heteroatoms. The van der Waals surface area contributed by atoms with Crippen molar-refractivity contribution in [2.45, 2.75) is 37.6 Å². The molecule has 0 atom stereocenters. The van der Waals surface area contributed by atoms with Gasteiger partial charge in [0.25, 0.3) is 5.91 Å². The molecule has 138 valence electrons. The van der Waals surface area contributed by atoms with Gasteiger partial charge in [-0.3, -0.25) is 4.79 Å². The molecule has 1 saturated carbocycles. The third-order valence-corrected chi connectivity index (χ3v) is 5.47. The third kappa shape index (κ3) is 3.69. The molecule has 4 nitrogen and oxygen atoms in total. The van der Waals surface area contributed by atoms with Crippen molar-refractivity contribution in [3.05, 3.63) is 59.7 Å². The second-order valence-corrected chi connectivity index (χ2v) is 6.87. The summed E-state index contributed by atoms with van der Waals surface area (Å²) in [6, 6.07) is 16.4. The molecule has 0 radical (unpaired) electrons. The molecule has 0 aromatic heterocycles. The molecule has 0 unspecified atom stereocenters. The van der Waals surface area contributed by atoms with Crippen LogP contribution in [0, 0.1) is 0 Å². The Balaban J connectivity index is 1.69. The van der Waals surface area contributed by atoms with E-state index < -0.39 is 0 Å². The Labute approximate surface area is 155 Å². The summed E-state index contributed by atoms with van der Waals surface area (Å²) < 4.78 is 10.7. The van der Waals surface area contributed by atoms with Crippen LogP contribution in [0.4, 0.5) is 0 Å². The number of amides is 1. The summed E-state index contributed by atoms with van der Waals surface area (Å²) in [7, 11) is 5.05. The second kappa shape index (κ2) is 8.26. The maximum atomic E-state index is 13.0. The molecule has 0 heterocycles. The van der Waals surface area contributed by atoms with Crippen molar-refractivity contribution in [3.8, 4) is 11.5 Å². The average molecular weight is 353 g/mol. The number of methoxy groups -OCH3 is 2. The number of hydrogen-bond donors (Lipinski definition) is 0. The SMILES string of the molecule is COc1cccc(C(=O)N(C)C2CCC(c3ccccc3)CC2)c1OC. The number of rotatable bonds is 5. The van der Waals surface area contributed by atoms with Crippen molar-refractivity contribution in [3.63, 3.8) is 0 Å². The molecular weight excluding hydrogens is 326 g/mol. The van der Waals surface area contributed by atoms with Gasteiger partial charge in [0.2, 0.25) is 0 Å². The van der Waals surface area contributed by atoms with Gasteiger partial charge < -0.3 is 14.4 Å². The van der Waals surface area contributed by atoms with E-state index in [4.69, 9.17) is 9.47 Å². The van der Waals surface area contributed by atoms with Gasteiger partial charge in [-0.2, -0.15) is 0 Å². The lowest BCUT2D eigenvalue weighted by molar-refractivity contribution is 0.0685. The highest BCUT2D eigenvalue weighted by Gasteiger charge is 2.29. The molecule has 1 amide bonds. The first-order valence-electron chi connectivity index (χ1n) is 9.18. The zero-order chi connectivity index (χ0) is 18.5. The van der Waals surface area contributed by atoms with Crippen molar-refractivity contribution in [1.29, 1.82) is 0 Å². The highest BCUT2D eigenvalue weighted by Crippen LogP contribution is 2.36. The van der Waals surface area contributed by atoms with Gasteiger partial charge in [0.05, 0.1) is 19.8 Å². The van der Waals surface area contributed by atoms with E-state index in [1.165, 1.54) is 5.56 Å². The third-order valence-electron chi connectivity index (χ3n) is 5.47. The quantitative estimate of drug-likeness (QED) is 0.794. The molecular formula is C22H27NO3. The summed E-state index contributed by atoms with van der Waals surface area (Å²) in [6.07, 6.45) is 4.27. The first kappa shape index (κ1) is 18.3.